The Kier molecular flexibility index (Phi) is 7.43. The van der Waals surface area contributed by atoms with Crippen LogP contribution in [0.4, 0.5) is 10.2 Å². The van der Waals surface area contributed by atoms with Crippen molar-refractivity contribution in [2.45, 2.75) is 43.7 Å². The molecule has 3 aliphatic heterocycles. The standard InChI is InChI=1S/C29H35FN8O3/c1-2-8-29(34-27(39)24-25(31)35-38-15-21(30)14-33-26(24)38)18-32-9-7-23(29)19-3-5-20(6-4-19)28(40)37-12-10-36(11-13-37)22-16-41-17-22/h3-6,14-15,18,22-23H,2,7-13,16-17H2,1H3,(H2,31,35)(H,34,39). The molecule has 12 heteroatoms. The van der Waals surface area contributed by atoms with Crippen molar-refractivity contribution >= 4 is 29.5 Å². The zero-order valence-corrected chi connectivity index (χ0v) is 23.1. The predicted molar refractivity (Wildman–Crippen MR) is 152 cm³/mol. The first-order chi connectivity index (χ1) is 19.9. The summed E-state index contributed by atoms with van der Waals surface area (Å²) in [7, 11) is 0. The fourth-order valence-corrected chi connectivity index (χ4v) is 6.26. The SMILES string of the molecule is CCCC1(NC(=O)c2c(N)nn3cc(F)cnc23)C=NCCC1c1ccc(C(=O)N2CCN(C3COC3)CC2)cc1. The van der Waals surface area contributed by atoms with Gasteiger partial charge in [0, 0.05) is 50.4 Å². The van der Waals surface area contributed by atoms with Gasteiger partial charge in [-0.2, -0.15) is 0 Å². The van der Waals surface area contributed by atoms with Crippen LogP contribution in [-0.4, -0.2) is 99.9 Å². The number of anilines is 1. The van der Waals surface area contributed by atoms with Crippen molar-refractivity contribution in [3.8, 4) is 0 Å². The predicted octanol–water partition coefficient (Wildman–Crippen LogP) is 2.13. The van der Waals surface area contributed by atoms with E-state index in [0.29, 0.717) is 37.7 Å². The number of benzene rings is 1. The van der Waals surface area contributed by atoms with E-state index in [2.05, 4.69) is 32.2 Å². The highest BCUT2D eigenvalue weighted by atomic mass is 19.1. The lowest BCUT2D eigenvalue weighted by molar-refractivity contribution is -0.0746. The number of hydrogen-bond donors (Lipinski definition) is 2. The van der Waals surface area contributed by atoms with E-state index >= 15 is 0 Å². The Hall–Kier alpha value is -3.90. The molecule has 0 aliphatic carbocycles. The van der Waals surface area contributed by atoms with Crippen LogP contribution in [0.3, 0.4) is 0 Å². The Labute approximate surface area is 237 Å². The minimum Gasteiger partial charge on any atom is -0.381 e. The van der Waals surface area contributed by atoms with Gasteiger partial charge in [0.05, 0.1) is 37.2 Å². The van der Waals surface area contributed by atoms with Gasteiger partial charge in [-0.05, 0) is 30.5 Å². The second-order valence-corrected chi connectivity index (χ2v) is 11.1. The second-order valence-electron chi connectivity index (χ2n) is 11.1. The molecule has 2 saturated heterocycles. The van der Waals surface area contributed by atoms with E-state index in [1.807, 2.05) is 35.4 Å². The van der Waals surface area contributed by atoms with Gasteiger partial charge >= 0.3 is 0 Å². The quantitative estimate of drug-likeness (QED) is 0.451. The zero-order chi connectivity index (χ0) is 28.6. The molecular weight excluding hydrogens is 527 g/mol. The Morgan fingerprint density at radius 3 is 2.61 bits per heavy atom. The van der Waals surface area contributed by atoms with E-state index in [1.165, 1.54) is 4.52 Å². The summed E-state index contributed by atoms with van der Waals surface area (Å²) in [6, 6.07) is 8.23. The highest BCUT2D eigenvalue weighted by Crippen LogP contribution is 2.37. The van der Waals surface area contributed by atoms with Crippen LogP contribution in [0.2, 0.25) is 0 Å². The number of halogens is 1. The number of rotatable bonds is 7. The van der Waals surface area contributed by atoms with Crippen molar-refractivity contribution < 1.29 is 18.7 Å². The summed E-state index contributed by atoms with van der Waals surface area (Å²) >= 11 is 0. The van der Waals surface area contributed by atoms with Gasteiger partial charge in [0.25, 0.3) is 11.8 Å². The summed E-state index contributed by atoms with van der Waals surface area (Å²) in [4.78, 5) is 39.9. The molecule has 11 nitrogen and oxygen atoms in total. The first-order valence-electron chi connectivity index (χ1n) is 14.2. The van der Waals surface area contributed by atoms with Gasteiger partial charge in [0.15, 0.2) is 17.3 Å². The monoisotopic (exact) mass is 562 g/mol. The number of aliphatic imine (C=N–C) groups is 1. The van der Waals surface area contributed by atoms with Gasteiger partial charge in [-0.15, -0.1) is 5.10 Å². The Morgan fingerprint density at radius 1 is 1.17 bits per heavy atom. The molecule has 2 atom stereocenters. The minimum atomic E-state index is -0.780. The van der Waals surface area contributed by atoms with Gasteiger partial charge in [0.1, 0.15) is 5.56 Å². The third kappa shape index (κ3) is 5.17. The largest absolute Gasteiger partial charge is 0.381 e. The number of nitrogens with zero attached hydrogens (tertiary/aromatic N) is 6. The lowest BCUT2D eigenvalue weighted by Crippen LogP contribution is -2.57. The van der Waals surface area contributed by atoms with Crippen molar-refractivity contribution in [3.63, 3.8) is 0 Å². The summed E-state index contributed by atoms with van der Waals surface area (Å²) in [5.74, 6) is -1.09. The summed E-state index contributed by atoms with van der Waals surface area (Å²) in [5, 5.41) is 7.27. The Morgan fingerprint density at radius 2 is 1.93 bits per heavy atom. The maximum Gasteiger partial charge on any atom is 0.259 e. The molecule has 2 unspecified atom stereocenters. The van der Waals surface area contributed by atoms with E-state index in [-0.39, 0.29) is 28.9 Å². The molecule has 5 heterocycles. The maximum atomic E-state index is 13.7. The lowest BCUT2D eigenvalue weighted by atomic mass is 9.73. The molecule has 3 aliphatic rings. The zero-order valence-electron chi connectivity index (χ0n) is 23.1. The van der Waals surface area contributed by atoms with E-state index < -0.39 is 17.3 Å². The van der Waals surface area contributed by atoms with Crippen molar-refractivity contribution in [3.05, 3.63) is 59.2 Å². The van der Waals surface area contributed by atoms with Crippen molar-refractivity contribution in [1.29, 1.82) is 0 Å². The Bertz CT molecular complexity index is 1460. The molecule has 2 aromatic heterocycles. The van der Waals surface area contributed by atoms with E-state index in [4.69, 9.17) is 10.5 Å². The first-order valence-corrected chi connectivity index (χ1v) is 14.2. The van der Waals surface area contributed by atoms with Crippen molar-refractivity contribution in [2.75, 3.05) is 51.7 Å². The number of fused-ring (bicyclic) bond motifs is 1. The van der Waals surface area contributed by atoms with Crippen LogP contribution in [-0.2, 0) is 4.74 Å². The fourth-order valence-electron chi connectivity index (χ4n) is 6.26. The lowest BCUT2D eigenvalue weighted by Gasteiger charge is -2.42. The number of piperazine rings is 1. The minimum absolute atomic E-state index is 0.0266. The average Bonchev–Trinajstić information content (AvgIpc) is 3.27. The summed E-state index contributed by atoms with van der Waals surface area (Å²) in [6.45, 7) is 7.38. The highest BCUT2D eigenvalue weighted by molar-refractivity contribution is 6.05. The summed E-state index contributed by atoms with van der Waals surface area (Å²) in [5.41, 5.74) is 7.25. The number of aromatic nitrogens is 3. The molecule has 0 bridgehead atoms. The average molecular weight is 563 g/mol. The third-order valence-electron chi connectivity index (χ3n) is 8.49. The topological polar surface area (TPSA) is 130 Å². The number of carbonyl (C=O) groups is 2. The third-order valence-corrected chi connectivity index (χ3v) is 8.49. The van der Waals surface area contributed by atoms with Gasteiger partial charge in [0.2, 0.25) is 0 Å². The van der Waals surface area contributed by atoms with Gasteiger partial charge in [-0.25, -0.2) is 13.9 Å². The number of nitrogen functional groups attached to an aromatic ring is 1. The van der Waals surface area contributed by atoms with Crippen molar-refractivity contribution in [1.82, 2.24) is 29.7 Å². The Balaban J connectivity index is 1.21. The van der Waals surface area contributed by atoms with E-state index in [9.17, 15) is 14.0 Å². The number of hydrogen-bond acceptors (Lipinski definition) is 8. The van der Waals surface area contributed by atoms with Crippen LogP contribution in [0.5, 0.6) is 0 Å². The van der Waals surface area contributed by atoms with Gasteiger partial charge in [-0.3, -0.25) is 19.5 Å². The summed E-state index contributed by atoms with van der Waals surface area (Å²) < 4.78 is 20.2. The van der Waals surface area contributed by atoms with E-state index in [1.54, 1.807) is 0 Å². The molecule has 2 amide bonds. The number of ether oxygens (including phenoxy) is 1. The molecule has 3 aromatic rings. The van der Waals surface area contributed by atoms with Crippen LogP contribution >= 0.6 is 0 Å². The molecule has 216 valence electrons. The molecule has 0 spiro atoms. The molecule has 6 rings (SSSR count). The number of amides is 2. The molecule has 3 N–H and O–H groups in total. The smallest absolute Gasteiger partial charge is 0.259 e. The van der Waals surface area contributed by atoms with Crippen LogP contribution < -0.4 is 11.1 Å². The summed E-state index contributed by atoms with van der Waals surface area (Å²) in [6.07, 6.45) is 6.17. The number of carbonyl (C=O) groups excluding carboxylic acids is 2. The molecule has 1 aromatic carbocycles. The number of nitrogens with two attached hydrogens (primary N) is 1. The van der Waals surface area contributed by atoms with Crippen LogP contribution in [0.15, 0.2) is 41.7 Å². The molecule has 41 heavy (non-hydrogen) atoms. The van der Waals surface area contributed by atoms with Crippen LogP contribution in [0.1, 0.15) is 58.4 Å². The normalized spacial score (nSPS) is 23.5. The highest BCUT2D eigenvalue weighted by Gasteiger charge is 2.42. The second kappa shape index (κ2) is 11.2. The fraction of sp³-hybridized carbons (Fsp3) is 0.483. The van der Waals surface area contributed by atoms with Gasteiger partial charge in [-0.1, -0.05) is 25.5 Å². The van der Waals surface area contributed by atoms with Crippen LogP contribution in [0, 0.1) is 5.82 Å². The first kappa shape index (κ1) is 27.3. The van der Waals surface area contributed by atoms with Crippen LogP contribution in [0.25, 0.3) is 5.65 Å². The maximum absolute atomic E-state index is 13.7. The number of nitrogens with one attached hydrogen (secondary N) is 1. The van der Waals surface area contributed by atoms with Gasteiger partial charge < -0.3 is 20.7 Å². The molecule has 0 radical (unpaired) electrons. The molecule has 2 fully saturated rings. The molecular formula is C29H35FN8O3. The van der Waals surface area contributed by atoms with Crippen molar-refractivity contribution in [2.24, 2.45) is 4.99 Å². The van der Waals surface area contributed by atoms with E-state index in [0.717, 1.165) is 57.1 Å². The molecule has 0 saturated carbocycles.